The summed E-state index contributed by atoms with van der Waals surface area (Å²) in [6.45, 7) is 4.20. The summed E-state index contributed by atoms with van der Waals surface area (Å²) in [7, 11) is 0. The minimum atomic E-state index is -1.94. The second kappa shape index (κ2) is 4.97. The molecule has 0 amide bonds. The van der Waals surface area contributed by atoms with Crippen LogP contribution in [-0.4, -0.2) is 0 Å². The maximum absolute atomic E-state index is 5.83. The van der Waals surface area contributed by atoms with E-state index in [-0.39, 0.29) is 0 Å². The number of hydrogen-bond donors (Lipinski definition) is 1. The van der Waals surface area contributed by atoms with Crippen LogP contribution in [0.25, 0.3) is 0 Å². The molecule has 2 aromatic carbocycles. The lowest BCUT2D eigenvalue weighted by Gasteiger charge is -2.20. The molecule has 0 bridgehead atoms. The monoisotopic (exact) mass is 278 g/mol. The Morgan fingerprint density at radius 2 is 1.18 bits per heavy atom. The van der Waals surface area contributed by atoms with Crippen LogP contribution in [0.4, 0.5) is 0 Å². The van der Waals surface area contributed by atoms with Crippen LogP contribution in [0.2, 0.25) is 0 Å². The quantitative estimate of drug-likeness (QED) is 0.647. The highest BCUT2D eigenvalue weighted by molar-refractivity contribution is 8.68. The van der Waals surface area contributed by atoms with Gasteiger partial charge in [-0.25, -0.2) is 0 Å². The van der Waals surface area contributed by atoms with E-state index in [1.54, 1.807) is 0 Å². The largest absolute Gasteiger partial charge is 0.133 e. The Labute approximate surface area is 113 Å². The molecule has 0 aliphatic rings. The second-order valence-corrected chi connectivity index (χ2v) is 10.5. The molecule has 2 rings (SSSR count). The van der Waals surface area contributed by atoms with Gasteiger partial charge in [0.1, 0.15) is 0 Å². The predicted octanol–water partition coefficient (Wildman–Crippen LogP) is 3.58. The molecule has 0 nitrogen and oxygen atoms in total. The molecule has 0 saturated heterocycles. The molecule has 0 spiro atoms. The maximum atomic E-state index is 5.83. The van der Waals surface area contributed by atoms with Gasteiger partial charge < -0.3 is 0 Å². The standard InChI is InChI=1S/C14H15PS2/c1-11-7-3-5-9-13(11)15(16,17)14-10-6-4-8-12(14)2/h3-10H,1-2H3,(H,16,17). The highest BCUT2D eigenvalue weighted by Crippen LogP contribution is 2.49. The van der Waals surface area contributed by atoms with Crippen LogP contribution in [0.5, 0.6) is 0 Å². The van der Waals surface area contributed by atoms with Crippen LogP contribution < -0.4 is 10.6 Å². The molecule has 3 heteroatoms. The van der Waals surface area contributed by atoms with Crippen LogP contribution in [0, 0.1) is 13.8 Å². The van der Waals surface area contributed by atoms with Crippen molar-refractivity contribution in [2.45, 2.75) is 13.8 Å². The molecule has 0 atom stereocenters. The van der Waals surface area contributed by atoms with Gasteiger partial charge in [-0.1, -0.05) is 60.3 Å². The number of thiol groups is 1. The van der Waals surface area contributed by atoms with Crippen molar-refractivity contribution < 1.29 is 0 Å². The Morgan fingerprint density at radius 1 is 0.824 bits per heavy atom. The normalized spacial score (nSPS) is 11.5. The Kier molecular flexibility index (Phi) is 3.77. The topological polar surface area (TPSA) is 0 Å². The van der Waals surface area contributed by atoms with Crippen LogP contribution >= 0.6 is 17.5 Å². The van der Waals surface area contributed by atoms with Crippen molar-refractivity contribution in [1.82, 2.24) is 0 Å². The first-order chi connectivity index (χ1) is 8.03. The van der Waals surface area contributed by atoms with Gasteiger partial charge in [0.25, 0.3) is 0 Å². The molecule has 0 aliphatic heterocycles. The SMILES string of the molecule is Cc1ccccc1P(=S)(S)c1ccccc1C. The average Bonchev–Trinajstić information content (AvgIpc) is 2.29. The van der Waals surface area contributed by atoms with Crippen LogP contribution in [0.15, 0.2) is 48.5 Å². The fraction of sp³-hybridized carbons (Fsp3) is 0.143. The summed E-state index contributed by atoms with van der Waals surface area (Å²) < 4.78 is 0. The van der Waals surface area contributed by atoms with E-state index >= 15 is 0 Å². The summed E-state index contributed by atoms with van der Waals surface area (Å²) in [6, 6.07) is 16.6. The summed E-state index contributed by atoms with van der Waals surface area (Å²) in [6.07, 6.45) is 0. The minimum absolute atomic E-state index is 1.20. The van der Waals surface area contributed by atoms with Crippen molar-refractivity contribution >= 4 is 39.9 Å². The van der Waals surface area contributed by atoms with Crippen molar-refractivity contribution in [3.05, 3.63) is 59.7 Å². The minimum Gasteiger partial charge on any atom is -0.133 e. The van der Waals surface area contributed by atoms with Gasteiger partial charge in [-0.15, -0.1) is 12.2 Å². The van der Waals surface area contributed by atoms with E-state index in [0.717, 1.165) is 0 Å². The van der Waals surface area contributed by atoms with Gasteiger partial charge in [0, 0.05) is 10.6 Å². The smallest absolute Gasteiger partial charge is 0.0589 e. The molecule has 0 radical (unpaired) electrons. The summed E-state index contributed by atoms with van der Waals surface area (Å²) in [5.41, 5.74) is 2.46. The van der Waals surface area contributed by atoms with Gasteiger partial charge in [-0.05, 0) is 25.0 Å². The van der Waals surface area contributed by atoms with E-state index < -0.39 is 5.24 Å². The molecule has 0 saturated carbocycles. The molecule has 0 unspecified atom stereocenters. The summed E-state index contributed by atoms with van der Waals surface area (Å²) in [4.78, 5) is 0. The molecular formula is C14H15PS2. The molecule has 0 N–H and O–H groups in total. The number of benzene rings is 2. The van der Waals surface area contributed by atoms with Crippen molar-refractivity contribution in [3.8, 4) is 0 Å². The average molecular weight is 278 g/mol. The second-order valence-electron chi connectivity index (χ2n) is 4.15. The fourth-order valence-corrected chi connectivity index (χ4v) is 6.45. The highest BCUT2D eigenvalue weighted by atomic mass is 32.9. The molecule has 0 aliphatic carbocycles. The summed E-state index contributed by atoms with van der Waals surface area (Å²) in [5.74, 6) is 0. The van der Waals surface area contributed by atoms with Gasteiger partial charge in [0.05, 0.1) is 5.24 Å². The molecule has 0 aromatic heterocycles. The van der Waals surface area contributed by atoms with Crippen LogP contribution in [-0.2, 0) is 11.8 Å². The maximum Gasteiger partial charge on any atom is 0.0589 e. The molecule has 88 valence electrons. The third kappa shape index (κ3) is 2.49. The first kappa shape index (κ1) is 12.9. The first-order valence-electron chi connectivity index (χ1n) is 5.48. The predicted molar refractivity (Wildman–Crippen MR) is 84.9 cm³/mol. The van der Waals surface area contributed by atoms with Crippen molar-refractivity contribution in [1.29, 1.82) is 0 Å². The highest BCUT2D eigenvalue weighted by Gasteiger charge is 2.20. The Balaban J connectivity index is 2.63. The first-order valence-corrected chi connectivity index (χ1v) is 9.44. The summed E-state index contributed by atoms with van der Waals surface area (Å²) >= 11 is 10.7. The molecule has 17 heavy (non-hydrogen) atoms. The number of rotatable bonds is 2. The van der Waals surface area contributed by atoms with E-state index in [2.05, 4.69) is 38.1 Å². The fourth-order valence-electron chi connectivity index (χ4n) is 1.94. The zero-order chi connectivity index (χ0) is 12.5. The van der Waals surface area contributed by atoms with Gasteiger partial charge in [0.2, 0.25) is 0 Å². The third-order valence-electron chi connectivity index (χ3n) is 2.88. The zero-order valence-electron chi connectivity index (χ0n) is 9.92. The lowest BCUT2D eigenvalue weighted by Crippen LogP contribution is -2.16. The zero-order valence-corrected chi connectivity index (χ0v) is 12.5. The van der Waals surface area contributed by atoms with E-state index in [4.69, 9.17) is 24.1 Å². The Bertz CT molecular complexity index is 541. The Morgan fingerprint density at radius 3 is 1.53 bits per heavy atom. The van der Waals surface area contributed by atoms with E-state index in [1.165, 1.54) is 21.7 Å². The van der Waals surface area contributed by atoms with Crippen molar-refractivity contribution in [2.24, 2.45) is 0 Å². The molecule has 0 heterocycles. The lowest BCUT2D eigenvalue weighted by atomic mass is 10.2. The van der Waals surface area contributed by atoms with Gasteiger partial charge >= 0.3 is 0 Å². The molecule has 0 fully saturated rings. The number of aryl methyl sites for hydroxylation is 2. The Hall–Kier alpha value is -0.560. The summed E-state index contributed by atoms with van der Waals surface area (Å²) in [5, 5.41) is 0.458. The third-order valence-corrected chi connectivity index (χ3v) is 7.67. The molecular weight excluding hydrogens is 263 g/mol. The van der Waals surface area contributed by atoms with E-state index in [9.17, 15) is 0 Å². The van der Waals surface area contributed by atoms with E-state index in [1.807, 2.05) is 24.3 Å². The van der Waals surface area contributed by atoms with Crippen LogP contribution in [0.1, 0.15) is 11.1 Å². The van der Waals surface area contributed by atoms with Gasteiger partial charge in [-0.2, -0.15) is 0 Å². The molecule has 2 aromatic rings. The van der Waals surface area contributed by atoms with Gasteiger partial charge in [0.15, 0.2) is 0 Å². The van der Waals surface area contributed by atoms with Gasteiger partial charge in [-0.3, -0.25) is 0 Å². The lowest BCUT2D eigenvalue weighted by molar-refractivity contribution is 1.51. The van der Waals surface area contributed by atoms with Crippen LogP contribution in [0.3, 0.4) is 0 Å². The van der Waals surface area contributed by atoms with Crippen molar-refractivity contribution in [3.63, 3.8) is 0 Å². The van der Waals surface area contributed by atoms with Crippen molar-refractivity contribution in [2.75, 3.05) is 0 Å². The number of hydrogen-bond acceptors (Lipinski definition) is 1. The van der Waals surface area contributed by atoms with E-state index in [0.29, 0.717) is 0 Å².